The Morgan fingerprint density at radius 2 is 2.15 bits per heavy atom. The highest BCUT2D eigenvalue weighted by Crippen LogP contribution is 2.20. The number of nitrogens with one attached hydrogen (secondary N) is 1. The van der Waals surface area contributed by atoms with Crippen LogP contribution >= 0.6 is 11.3 Å². The highest BCUT2D eigenvalue weighted by atomic mass is 32.1. The van der Waals surface area contributed by atoms with Crippen molar-refractivity contribution in [3.8, 4) is 0 Å². The number of amides is 1. The number of carbonyl (C=O) groups is 1. The fraction of sp³-hybridized carbons (Fsp3) is 0.474. The van der Waals surface area contributed by atoms with E-state index in [0.29, 0.717) is 17.3 Å². The summed E-state index contributed by atoms with van der Waals surface area (Å²) in [7, 11) is 1.64. The second-order valence-corrected chi connectivity index (χ2v) is 7.54. The number of nitrogens with zero attached hydrogens (tertiary/aromatic N) is 2. The highest BCUT2D eigenvalue weighted by molar-refractivity contribution is 7.13. The molecular formula is C19H25N3O3S. The molecule has 1 aromatic carbocycles. The summed E-state index contributed by atoms with van der Waals surface area (Å²) in [5.74, 6) is -0.155. The second kappa shape index (κ2) is 8.73. The van der Waals surface area contributed by atoms with Gasteiger partial charge in [0.05, 0.1) is 24.5 Å². The summed E-state index contributed by atoms with van der Waals surface area (Å²) in [6.07, 6.45) is 0.465. The molecule has 1 saturated heterocycles. The maximum absolute atomic E-state index is 12.4. The summed E-state index contributed by atoms with van der Waals surface area (Å²) in [5.41, 5.74) is 2.54. The lowest BCUT2D eigenvalue weighted by Gasteiger charge is -2.34. The number of hydrogen-bond acceptors (Lipinski definition) is 6. The number of aromatic nitrogens is 1. The van der Waals surface area contributed by atoms with Gasteiger partial charge >= 0.3 is 0 Å². The summed E-state index contributed by atoms with van der Waals surface area (Å²) in [6.45, 7) is 7.23. The Balaban J connectivity index is 1.59. The van der Waals surface area contributed by atoms with E-state index in [1.54, 1.807) is 13.2 Å². The van der Waals surface area contributed by atoms with E-state index in [2.05, 4.69) is 29.0 Å². The van der Waals surface area contributed by atoms with Crippen LogP contribution in [0.25, 0.3) is 0 Å². The summed E-state index contributed by atoms with van der Waals surface area (Å²) in [5, 5.41) is 5.51. The summed E-state index contributed by atoms with van der Waals surface area (Å²) in [4.78, 5) is 19.3. The third-order valence-electron chi connectivity index (χ3n) is 4.15. The number of morpholine rings is 1. The highest BCUT2D eigenvalue weighted by Gasteiger charge is 2.22. The first-order chi connectivity index (χ1) is 12.5. The Kier molecular flexibility index (Phi) is 6.37. The van der Waals surface area contributed by atoms with Crippen LogP contribution < -0.4 is 5.32 Å². The maximum Gasteiger partial charge on any atom is 0.257 e. The molecular weight excluding hydrogens is 350 g/mol. The van der Waals surface area contributed by atoms with E-state index >= 15 is 0 Å². The predicted molar refractivity (Wildman–Crippen MR) is 103 cm³/mol. The van der Waals surface area contributed by atoms with Gasteiger partial charge in [0, 0.05) is 37.7 Å². The van der Waals surface area contributed by atoms with Gasteiger partial charge in [-0.1, -0.05) is 12.1 Å². The van der Waals surface area contributed by atoms with Crippen LogP contribution in [0.3, 0.4) is 0 Å². The fourth-order valence-corrected chi connectivity index (χ4v) is 3.91. The monoisotopic (exact) mass is 375 g/mol. The zero-order valence-electron chi connectivity index (χ0n) is 15.4. The molecule has 0 radical (unpaired) electrons. The Morgan fingerprint density at radius 3 is 2.88 bits per heavy atom. The maximum atomic E-state index is 12.4. The number of thiazole rings is 1. The molecule has 1 N–H and O–H groups in total. The molecule has 0 saturated carbocycles. The van der Waals surface area contributed by atoms with Crippen molar-refractivity contribution in [1.82, 2.24) is 9.88 Å². The molecule has 2 aromatic rings. The van der Waals surface area contributed by atoms with Crippen LogP contribution in [0.5, 0.6) is 0 Å². The summed E-state index contributed by atoms with van der Waals surface area (Å²) >= 11 is 1.45. The van der Waals surface area contributed by atoms with Crippen molar-refractivity contribution in [2.45, 2.75) is 39.2 Å². The number of ether oxygens (including phenoxy) is 2. The van der Waals surface area contributed by atoms with E-state index in [0.717, 1.165) is 30.9 Å². The molecule has 1 aliphatic rings. The van der Waals surface area contributed by atoms with E-state index < -0.39 is 0 Å². The molecule has 2 heterocycles. The number of benzene rings is 1. The van der Waals surface area contributed by atoms with Gasteiger partial charge in [-0.25, -0.2) is 4.98 Å². The molecule has 6 nitrogen and oxygen atoms in total. The van der Waals surface area contributed by atoms with Gasteiger partial charge in [0.1, 0.15) is 0 Å². The zero-order valence-corrected chi connectivity index (χ0v) is 16.2. The van der Waals surface area contributed by atoms with Crippen LogP contribution in [0, 0.1) is 0 Å². The van der Waals surface area contributed by atoms with Gasteiger partial charge in [-0.15, -0.1) is 11.3 Å². The SMILES string of the molecule is COCc1cccc(C(=O)Nc2nc(CN3CC(C)OC(C)C3)cs2)c1. The van der Waals surface area contributed by atoms with E-state index in [4.69, 9.17) is 9.47 Å². The fourth-order valence-electron chi connectivity index (χ4n) is 3.22. The lowest BCUT2D eigenvalue weighted by atomic mass is 10.1. The van der Waals surface area contributed by atoms with E-state index in [1.807, 2.05) is 23.6 Å². The molecule has 0 bridgehead atoms. The van der Waals surface area contributed by atoms with E-state index in [9.17, 15) is 4.79 Å². The third-order valence-corrected chi connectivity index (χ3v) is 4.96. The van der Waals surface area contributed by atoms with Gasteiger partial charge in [0.2, 0.25) is 0 Å². The number of methoxy groups -OCH3 is 1. The number of rotatable bonds is 6. The van der Waals surface area contributed by atoms with Crippen LogP contribution in [0.4, 0.5) is 5.13 Å². The van der Waals surface area contributed by atoms with Crippen molar-refractivity contribution >= 4 is 22.4 Å². The molecule has 1 fully saturated rings. The van der Waals surface area contributed by atoms with E-state index in [-0.39, 0.29) is 18.1 Å². The molecule has 140 valence electrons. The van der Waals surface area contributed by atoms with Crippen molar-refractivity contribution in [2.75, 3.05) is 25.5 Å². The number of hydrogen-bond donors (Lipinski definition) is 1. The molecule has 2 unspecified atom stereocenters. The molecule has 26 heavy (non-hydrogen) atoms. The van der Waals surface area contributed by atoms with Crippen molar-refractivity contribution in [3.63, 3.8) is 0 Å². The Morgan fingerprint density at radius 1 is 1.38 bits per heavy atom. The van der Waals surface area contributed by atoms with Crippen LogP contribution in [0.2, 0.25) is 0 Å². The Bertz CT molecular complexity index is 739. The minimum Gasteiger partial charge on any atom is -0.380 e. The Hall–Kier alpha value is -1.80. The first-order valence-electron chi connectivity index (χ1n) is 8.75. The average Bonchev–Trinajstić information content (AvgIpc) is 3.01. The molecule has 2 atom stereocenters. The second-order valence-electron chi connectivity index (χ2n) is 6.68. The van der Waals surface area contributed by atoms with Gasteiger partial charge < -0.3 is 9.47 Å². The van der Waals surface area contributed by atoms with E-state index in [1.165, 1.54) is 11.3 Å². The normalized spacial score (nSPS) is 20.9. The van der Waals surface area contributed by atoms with Crippen molar-refractivity contribution < 1.29 is 14.3 Å². The molecule has 1 aromatic heterocycles. The van der Waals surface area contributed by atoms with Gasteiger partial charge in [-0.2, -0.15) is 0 Å². The topological polar surface area (TPSA) is 63.7 Å². The Labute approximate surface area is 158 Å². The zero-order chi connectivity index (χ0) is 18.5. The molecule has 3 rings (SSSR count). The van der Waals surface area contributed by atoms with Crippen LogP contribution in [0.15, 0.2) is 29.6 Å². The largest absolute Gasteiger partial charge is 0.380 e. The smallest absolute Gasteiger partial charge is 0.257 e. The molecule has 7 heteroatoms. The number of anilines is 1. The molecule has 1 aliphatic heterocycles. The summed E-state index contributed by atoms with van der Waals surface area (Å²) in [6, 6.07) is 7.42. The number of carbonyl (C=O) groups excluding carboxylic acids is 1. The van der Waals surface area contributed by atoms with Gasteiger partial charge in [-0.05, 0) is 31.5 Å². The minimum absolute atomic E-state index is 0.155. The van der Waals surface area contributed by atoms with Gasteiger partial charge in [0.15, 0.2) is 5.13 Å². The standard InChI is InChI=1S/C19H25N3O3S/c1-13-8-22(9-14(2)25-13)10-17-12-26-19(20-17)21-18(23)16-6-4-5-15(7-16)11-24-3/h4-7,12-14H,8-11H2,1-3H3,(H,20,21,23). The molecule has 0 spiro atoms. The minimum atomic E-state index is -0.155. The first kappa shape index (κ1) is 19.0. The lowest BCUT2D eigenvalue weighted by Crippen LogP contribution is -2.44. The summed E-state index contributed by atoms with van der Waals surface area (Å²) < 4.78 is 10.9. The predicted octanol–water partition coefficient (Wildman–Crippen LogP) is 3.15. The average molecular weight is 375 g/mol. The van der Waals surface area contributed by atoms with Crippen LogP contribution in [-0.2, 0) is 22.6 Å². The van der Waals surface area contributed by atoms with Crippen molar-refractivity contribution in [1.29, 1.82) is 0 Å². The lowest BCUT2D eigenvalue weighted by molar-refractivity contribution is -0.0707. The molecule has 1 amide bonds. The van der Waals surface area contributed by atoms with Crippen LogP contribution in [0.1, 0.15) is 35.5 Å². The molecule has 0 aliphatic carbocycles. The van der Waals surface area contributed by atoms with Crippen molar-refractivity contribution in [2.24, 2.45) is 0 Å². The third kappa shape index (κ3) is 5.11. The van der Waals surface area contributed by atoms with Gasteiger partial charge in [0.25, 0.3) is 5.91 Å². The quantitative estimate of drug-likeness (QED) is 0.840. The van der Waals surface area contributed by atoms with Gasteiger partial charge in [-0.3, -0.25) is 15.0 Å². The first-order valence-corrected chi connectivity index (χ1v) is 9.63. The van der Waals surface area contributed by atoms with Crippen molar-refractivity contribution in [3.05, 3.63) is 46.5 Å². The van der Waals surface area contributed by atoms with Crippen LogP contribution in [-0.4, -0.2) is 48.2 Å².